The third kappa shape index (κ3) is 1.78. The lowest BCUT2D eigenvalue weighted by Crippen LogP contribution is -2.62. The third-order valence-corrected chi connectivity index (χ3v) is 7.81. The second-order valence-electron chi connectivity index (χ2n) is 8.71. The van der Waals surface area contributed by atoms with E-state index in [1.807, 2.05) is 6.08 Å². The van der Waals surface area contributed by atoms with Gasteiger partial charge in [0.2, 0.25) is 0 Å². The first kappa shape index (κ1) is 16.8. The first-order valence-electron chi connectivity index (χ1n) is 9.18. The van der Waals surface area contributed by atoms with Gasteiger partial charge in [-0.15, -0.1) is 6.58 Å². The molecule has 0 aromatic rings. The largest absolute Gasteiger partial charge is 0.385 e. The fourth-order valence-corrected chi connectivity index (χ4v) is 6.19. The molecule has 1 N–H and O–H groups in total. The highest BCUT2D eigenvalue weighted by atomic mass is 16.7. The number of methoxy groups -OCH3 is 1. The molecule has 0 spiro atoms. The average Bonchev–Trinajstić information content (AvgIpc) is 2.88. The molecule has 4 nitrogen and oxygen atoms in total. The van der Waals surface area contributed by atoms with Crippen LogP contribution in [0.25, 0.3) is 0 Å². The van der Waals surface area contributed by atoms with Gasteiger partial charge in [-0.05, 0) is 55.1 Å². The molecule has 0 radical (unpaired) electrons. The maximum absolute atomic E-state index is 11.9. The molecule has 1 saturated heterocycles. The van der Waals surface area contributed by atoms with Crippen molar-refractivity contribution >= 4 is 0 Å². The van der Waals surface area contributed by atoms with Crippen LogP contribution in [0.1, 0.15) is 46.0 Å². The van der Waals surface area contributed by atoms with Crippen molar-refractivity contribution in [3.63, 3.8) is 0 Å². The molecule has 134 valence electrons. The summed E-state index contributed by atoms with van der Waals surface area (Å²) in [4.78, 5) is 0. The Balaban J connectivity index is 1.73. The quantitative estimate of drug-likeness (QED) is 0.619. The fourth-order valence-electron chi connectivity index (χ4n) is 6.19. The fraction of sp³-hybridized carbons (Fsp3) is 0.800. The molecule has 3 fully saturated rings. The number of aliphatic hydroxyl groups is 1. The van der Waals surface area contributed by atoms with Crippen LogP contribution in [0, 0.1) is 16.7 Å². The molecule has 4 rings (SSSR count). The first-order valence-corrected chi connectivity index (χ1v) is 9.18. The summed E-state index contributed by atoms with van der Waals surface area (Å²) >= 11 is 0. The Labute approximate surface area is 144 Å². The molecule has 0 aromatic heterocycles. The summed E-state index contributed by atoms with van der Waals surface area (Å²) < 4.78 is 16.8. The lowest BCUT2D eigenvalue weighted by molar-refractivity contribution is -0.266. The van der Waals surface area contributed by atoms with Gasteiger partial charge >= 0.3 is 0 Å². The minimum absolute atomic E-state index is 0.0812. The van der Waals surface area contributed by atoms with Crippen LogP contribution in [-0.4, -0.2) is 42.9 Å². The van der Waals surface area contributed by atoms with E-state index in [0.29, 0.717) is 12.5 Å². The Kier molecular flexibility index (Phi) is 3.61. The van der Waals surface area contributed by atoms with Crippen LogP contribution in [0.5, 0.6) is 0 Å². The minimum atomic E-state index is -0.800. The first-order chi connectivity index (χ1) is 11.4. The maximum Gasteiger partial charge on any atom is 0.147 e. The lowest BCUT2D eigenvalue weighted by Gasteiger charge is -2.54. The predicted molar refractivity (Wildman–Crippen MR) is 91.5 cm³/mol. The van der Waals surface area contributed by atoms with E-state index in [4.69, 9.17) is 14.2 Å². The molecule has 24 heavy (non-hydrogen) atoms. The second kappa shape index (κ2) is 5.16. The number of rotatable bonds is 5. The molecule has 0 amide bonds. The zero-order valence-corrected chi connectivity index (χ0v) is 15.1. The van der Waals surface area contributed by atoms with Gasteiger partial charge in [-0.25, -0.2) is 0 Å². The van der Waals surface area contributed by atoms with Crippen molar-refractivity contribution in [2.24, 2.45) is 16.7 Å². The molecule has 0 unspecified atom stereocenters. The molecule has 1 heterocycles. The topological polar surface area (TPSA) is 47.9 Å². The van der Waals surface area contributed by atoms with Crippen molar-refractivity contribution < 1.29 is 19.3 Å². The summed E-state index contributed by atoms with van der Waals surface area (Å²) in [6, 6.07) is 0. The van der Waals surface area contributed by atoms with Crippen LogP contribution >= 0.6 is 0 Å². The Hall–Kier alpha value is -0.680. The molecule has 0 aromatic carbocycles. The Morgan fingerprint density at radius 2 is 2.21 bits per heavy atom. The number of hydrogen-bond acceptors (Lipinski definition) is 4. The minimum Gasteiger partial charge on any atom is -0.385 e. The van der Waals surface area contributed by atoms with E-state index in [2.05, 4.69) is 26.5 Å². The molecular weight excluding hydrogens is 304 g/mol. The van der Waals surface area contributed by atoms with Gasteiger partial charge in [0.05, 0.1) is 18.3 Å². The van der Waals surface area contributed by atoms with Gasteiger partial charge in [0.1, 0.15) is 12.4 Å². The van der Waals surface area contributed by atoms with Crippen LogP contribution in [-0.2, 0) is 14.2 Å². The normalized spacial score (nSPS) is 48.6. The number of hydrogen-bond donors (Lipinski definition) is 1. The third-order valence-electron chi connectivity index (χ3n) is 7.81. The summed E-state index contributed by atoms with van der Waals surface area (Å²) in [6.45, 7) is 9.56. The van der Waals surface area contributed by atoms with E-state index < -0.39 is 11.2 Å². The van der Waals surface area contributed by atoms with E-state index >= 15 is 0 Å². The zero-order valence-electron chi connectivity index (χ0n) is 15.1. The van der Waals surface area contributed by atoms with E-state index in [9.17, 15) is 5.11 Å². The van der Waals surface area contributed by atoms with E-state index in [1.54, 1.807) is 7.11 Å². The monoisotopic (exact) mass is 334 g/mol. The highest BCUT2D eigenvalue weighted by molar-refractivity contribution is 5.39. The van der Waals surface area contributed by atoms with Gasteiger partial charge in [-0.1, -0.05) is 19.9 Å². The molecule has 4 heteroatoms. The van der Waals surface area contributed by atoms with Crippen LogP contribution in [0.4, 0.5) is 0 Å². The van der Waals surface area contributed by atoms with Crippen LogP contribution in [0.3, 0.4) is 0 Å². The zero-order chi connectivity index (χ0) is 17.2. The summed E-state index contributed by atoms with van der Waals surface area (Å²) in [5, 5.41) is 11.9. The highest BCUT2D eigenvalue weighted by Gasteiger charge is 2.71. The van der Waals surface area contributed by atoms with Crippen LogP contribution < -0.4 is 0 Å². The highest BCUT2D eigenvalue weighted by Crippen LogP contribution is 2.72. The predicted octanol–water partition coefficient (Wildman–Crippen LogP) is 3.21. The number of fused-ring (bicyclic) bond motifs is 3. The van der Waals surface area contributed by atoms with Crippen molar-refractivity contribution in [1.29, 1.82) is 0 Å². The number of ether oxygens (including phenoxy) is 3. The van der Waals surface area contributed by atoms with E-state index in [0.717, 1.165) is 31.3 Å². The van der Waals surface area contributed by atoms with Crippen LogP contribution in [0.2, 0.25) is 0 Å². The van der Waals surface area contributed by atoms with E-state index in [1.165, 1.54) is 6.42 Å². The Morgan fingerprint density at radius 3 is 2.79 bits per heavy atom. The summed E-state index contributed by atoms with van der Waals surface area (Å²) in [5.74, 6) is 0.549. The van der Waals surface area contributed by atoms with Crippen molar-refractivity contribution in [3.8, 4) is 0 Å². The molecule has 2 bridgehead atoms. The summed E-state index contributed by atoms with van der Waals surface area (Å²) in [7, 11) is 1.64. The molecule has 3 aliphatic carbocycles. The average molecular weight is 334 g/mol. The summed E-state index contributed by atoms with van der Waals surface area (Å²) in [6.07, 6.45) is 9.13. The van der Waals surface area contributed by atoms with Gasteiger partial charge in [0.25, 0.3) is 0 Å². The molecule has 1 aliphatic heterocycles. The van der Waals surface area contributed by atoms with Gasteiger partial charge < -0.3 is 19.3 Å². The second-order valence-corrected chi connectivity index (χ2v) is 8.71. The van der Waals surface area contributed by atoms with Crippen molar-refractivity contribution in [1.82, 2.24) is 0 Å². The standard InChI is InChI=1S/C20H30O4/c1-5-19-9-8-14(17(19,2)3)11-20(19,21)15-6-7-16-18(10-15,12-23-16)24-13-22-4/h5,10,14,16,21H,1,6-9,11-13H2,2-4H3/t14-,16-,18+,19-,20+/m1/s1. The Bertz CT molecular complexity index is 582. The lowest BCUT2D eigenvalue weighted by atomic mass is 9.59. The Morgan fingerprint density at radius 1 is 1.42 bits per heavy atom. The maximum atomic E-state index is 11.9. The SMILES string of the molecule is C=C[C@]12CC[C@H](C[C@]1(O)C1=C[C@]3(OCOC)CO[C@@H]3CC1)C2(C)C. The molecule has 4 aliphatic rings. The molecule has 5 atom stereocenters. The summed E-state index contributed by atoms with van der Waals surface area (Å²) in [5.41, 5.74) is -0.249. The van der Waals surface area contributed by atoms with Gasteiger partial charge in [0.15, 0.2) is 0 Å². The van der Waals surface area contributed by atoms with Gasteiger partial charge in [-0.2, -0.15) is 0 Å². The molecular formula is C20H30O4. The van der Waals surface area contributed by atoms with Crippen LogP contribution in [0.15, 0.2) is 24.3 Å². The van der Waals surface area contributed by atoms with Crippen molar-refractivity contribution in [2.75, 3.05) is 20.5 Å². The van der Waals surface area contributed by atoms with Crippen molar-refractivity contribution in [3.05, 3.63) is 24.3 Å². The smallest absolute Gasteiger partial charge is 0.147 e. The van der Waals surface area contributed by atoms with Gasteiger partial charge in [0, 0.05) is 12.5 Å². The molecule has 2 saturated carbocycles. The van der Waals surface area contributed by atoms with Gasteiger partial charge in [-0.3, -0.25) is 0 Å². The van der Waals surface area contributed by atoms with E-state index in [-0.39, 0.29) is 23.7 Å². The van der Waals surface area contributed by atoms with Crippen molar-refractivity contribution in [2.45, 2.75) is 63.3 Å².